The Labute approximate surface area is 150 Å². The minimum absolute atomic E-state index is 0.362. The number of urea groups is 1. The van der Waals surface area contributed by atoms with Crippen molar-refractivity contribution in [2.45, 2.75) is 19.9 Å². The zero-order valence-corrected chi connectivity index (χ0v) is 14.7. The third-order valence-corrected chi connectivity index (χ3v) is 4.36. The summed E-state index contributed by atoms with van der Waals surface area (Å²) >= 11 is 0. The topological polar surface area (TPSA) is 107 Å². The molecule has 10 heteroatoms. The quantitative estimate of drug-likeness (QED) is 0.517. The van der Waals surface area contributed by atoms with Crippen LogP contribution in [-0.2, 0) is 14.4 Å². The van der Waals surface area contributed by atoms with E-state index < -0.39 is 30.4 Å². The van der Waals surface area contributed by atoms with Crippen LogP contribution < -0.4 is 4.90 Å². The maximum atomic E-state index is 12.5. The zero-order chi connectivity index (χ0) is 18.8. The molecule has 1 aromatic heterocycles. The normalized spacial score (nSPS) is 18.3. The second kappa shape index (κ2) is 7.06. The molecule has 0 atom stereocenters. The molecule has 0 saturated carbocycles. The minimum Gasteiger partial charge on any atom is -0.338 e. The van der Waals surface area contributed by atoms with Crippen molar-refractivity contribution in [1.82, 2.24) is 24.7 Å². The van der Waals surface area contributed by atoms with E-state index in [0.717, 1.165) is 9.80 Å². The number of hydrogen-bond donors (Lipinski definition) is 0. The molecular formula is C16H20N6O4. The molecule has 0 aromatic carbocycles. The van der Waals surface area contributed by atoms with E-state index in [1.165, 1.54) is 0 Å². The Bertz CT molecular complexity index is 730. The van der Waals surface area contributed by atoms with Gasteiger partial charge in [0.05, 0.1) is 0 Å². The van der Waals surface area contributed by atoms with Crippen LogP contribution >= 0.6 is 0 Å². The number of nitrogens with zero attached hydrogens (tertiary/aromatic N) is 6. The second-order valence-corrected chi connectivity index (χ2v) is 6.36. The van der Waals surface area contributed by atoms with Crippen LogP contribution in [0, 0.1) is 0 Å². The summed E-state index contributed by atoms with van der Waals surface area (Å²) < 4.78 is 0. The first kappa shape index (κ1) is 17.8. The number of aromatic nitrogens is 2. The molecule has 0 radical (unpaired) electrons. The lowest BCUT2D eigenvalue weighted by atomic mass is 10.3. The zero-order valence-electron chi connectivity index (χ0n) is 14.7. The van der Waals surface area contributed by atoms with Gasteiger partial charge in [0.25, 0.3) is 0 Å². The number of anilines is 1. The Morgan fingerprint density at radius 2 is 1.65 bits per heavy atom. The van der Waals surface area contributed by atoms with Gasteiger partial charge in [0.15, 0.2) is 0 Å². The number of hydrogen-bond acceptors (Lipinski definition) is 7. The van der Waals surface area contributed by atoms with Gasteiger partial charge in [-0.2, -0.15) is 0 Å². The lowest BCUT2D eigenvalue weighted by Gasteiger charge is -2.35. The van der Waals surface area contributed by atoms with E-state index in [9.17, 15) is 19.2 Å². The second-order valence-electron chi connectivity index (χ2n) is 6.36. The maximum Gasteiger partial charge on any atom is 0.334 e. The van der Waals surface area contributed by atoms with E-state index in [4.69, 9.17) is 0 Å². The van der Waals surface area contributed by atoms with Gasteiger partial charge in [-0.25, -0.2) is 19.7 Å². The van der Waals surface area contributed by atoms with Gasteiger partial charge in [-0.3, -0.25) is 19.3 Å². The highest BCUT2D eigenvalue weighted by molar-refractivity contribution is 6.45. The van der Waals surface area contributed by atoms with Crippen LogP contribution in [0.1, 0.15) is 13.8 Å². The monoisotopic (exact) mass is 360 g/mol. The van der Waals surface area contributed by atoms with Gasteiger partial charge < -0.3 is 9.80 Å². The Morgan fingerprint density at radius 3 is 2.19 bits per heavy atom. The number of imide groups is 2. The molecule has 2 fully saturated rings. The van der Waals surface area contributed by atoms with E-state index in [1.54, 1.807) is 37.2 Å². The summed E-state index contributed by atoms with van der Waals surface area (Å²) in [4.78, 5) is 62.1. The Kier molecular flexibility index (Phi) is 4.83. The Balaban J connectivity index is 1.59. The van der Waals surface area contributed by atoms with Crippen LogP contribution in [-0.4, -0.2) is 87.2 Å². The van der Waals surface area contributed by atoms with Gasteiger partial charge >= 0.3 is 17.8 Å². The highest BCUT2D eigenvalue weighted by Crippen LogP contribution is 2.16. The minimum atomic E-state index is -0.951. The number of amides is 5. The summed E-state index contributed by atoms with van der Waals surface area (Å²) in [5, 5.41) is 0. The van der Waals surface area contributed by atoms with Crippen molar-refractivity contribution in [2.24, 2.45) is 0 Å². The van der Waals surface area contributed by atoms with Crippen molar-refractivity contribution in [3.05, 3.63) is 18.5 Å². The van der Waals surface area contributed by atoms with Gasteiger partial charge in [-0.05, 0) is 19.9 Å². The maximum absolute atomic E-state index is 12.5. The van der Waals surface area contributed by atoms with Crippen molar-refractivity contribution < 1.29 is 19.2 Å². The first-order valence-electron chi connectivity index (χ1n) is 8.39. The molecule has 10 nitrogen and oxygen atoms in total. The first-order chi connectivity index (χ1) is 12.4. The van der Waals surface area contributed by atoms with Gasteiger partial charge in [0, 0.05) is 44.6 Å². The lowest BCUT2D eigenvalue weighted by Crippen LogP contribution is -2.52. The highest BCUT2D eigenvalue weighted by atomic mass is 16.2. The van der Waals surface area contributed by atoms with E-state index in [-0.39, 0.29) is 5.91 Å². The van der Waals surface area contributed by atoms with Crippen LogP contribution in [0.3, 0.4) is 0 Å². The van der Waals surface area contributed by atoms with Crippen molar-refractivity contribution in [2.75, 3.05) is 37.6 Å². The summed E-state index contributed by atoms with van der Waals surface area (Å²) in [5.74, 6) is -1.60. The smallest absolute Gasteiger partial charge is 0.334 e. The fraction of sp³-hybridized carbons (Fsp3) is 0.500. The van der Waals surface area contributed by atoms with Crippen molar-refractivity contribution in [3.63, 3.8) is 0 Å². The van der Waals surface area contributed by atoms with Crippen LogP contribution in [0.4, 0.5) is 10.7 Å². The summed E-state index contributed by atoms with van der Waals surface area (Å²) in [6.07, 6.45) is 3.31. The predicted molar refractivity (Wildman–Crippen MR) is 89.9 cm³/mol. The molecule has 2 saturated heterocycles. The van der Waals surface area contributed by atoms with Crippen LogP contribution in [0.25, 0.3) is 0 Å². The van der Waals surface area contributed by atoms with Gasteiger partial charge in [0.2, 0.25) is 11.9 Å². The number of piperazine rings is 1. The lowest BCUT2D eigenvalue weighted by molar-refractivity contribution is -0.145. The van der Waals surface area contributed by atoms with E-state index in [1.807, 2.05) is 4.90 Å². The number of carbonyl (C=O) groups is 4. The Hall–Kier alpha value is -3.04. The third kappa shape index (κ3) is 3.22. The molecule has 3 rings (SSSR count). The van der Waals surface area contributed by atoms with Crippen molar-refractivity contribution >= 4 is 29.7 Å². The molecule has 1 aromatic rings. The molecular weight excluding hydrogens is 340 g/mol. The summed E-state index contributed by atoms with van der Waals surface area (Å²) in [6, 6.07) is 0.558. The van der Waals surface area contributed by atoms with Crippen molar-refractivity contribution in [3.8, 4) is 0 Å². The highest BCUT2D eigenvalue weighted by Gasteiger charge is 2.46. The average Bonchev–Trinajstić information content (AvgIpc) is 2.86. The molecule has 0 N–H and O–H groups in total. The standard InChI is InChI=1S/C16H20N6O4/c1-11(2)22-14(25)13(24)21(16(22)26)10-12(23)19-6-8-20(9-7-19)15-17-4-3-5-18-15/h3-5,11H,6-10H2,1-2H3. The molecule has 3 heterocycles. The summed E-state index contributed by atoms with van der Waals surface area (Å²) in [6.45, 7) is 4.81. The fourth-order valence-electron chi connectivity index (χ4n) is 2.96. The van der Waals surface area contributed by atoms with Crippen molar-refractivity contribution in [1.29, 1.82) is 0 Å². The fourth-order valence-corrected chi connectivity index (χ4v) is 2.96. The molecule has 138 valence electrons. The van der Waals surface area contributed by atoms with E-state index in [0.29, 0.717) is 32.1 Å². The number of rotatable bonds is 4. The number of carbonyl (C=O) groups excluding carboxylic acids is 4. The average molecular weight is 360 g/mol. The molecule has 0 unspecified atom stereocenters. The van der Waals surface area contributed by atoms with Gasteiger partial charge in [-0.15, -0.1) is 0 Å². The molecule has 0 bridgehead atoms. The predicted octanol–water partition coefficient (Wildman–Crippen LogP) is -0.676. The van der Waals surface area contributed by atoms with Gasteiger partial charge in [0.1, 0.15) is 6.54 Å². The Morgan fingerprint density at radius 1 is 1.04 bits per heavy atom. The van der Waals surface area contributed by atoms with Gasteiger partial charge in [-0.1, -0.05) is 0 Å². The molecule has 2 aliphatic heterocycles. The molecule has 5 amide bonds. The molecule has 0 spiro atoms. The summed E-state index contributed by atoms with van der Waals surface area (Å²) in [5.41, 5.74) is 0. The van der Waals surface area contributed by atoms with Crippen LogP contribution in [0.15, 0.2) is 18.5 Å². The van der Waals surface area contributed by atoms with E-state index in [2.05, 4.69) is 9.97 Å². The van der Waals surface area contributed by atoms with Crippen LogP contribution in [0.2, 0.25) is 0 Å². The third-order valence-electron chi connectivity index (χ3n) is 4.36. The van der Waals surface area contributed by atoms with Crippen LogP contribution in [0.5, 0.6) is 0 Å². The molecule has 0 aliphatic carbocycles. The molecule has 2 aliphatic rings. The first-order valence-corrected chi connectivity index (χ1v) is 8.39. The van der Waals surface area contributed by atoms with E-state index >= 15 is 0 Å². The molecule has 26 heavy (non-hydrogen) atoms. The SMILES string of the molecule is CC(C)N1C(=O)C(=O)N(CC(=O)N2CCN(c3ncccn3)CC2)C1=O. The summed E-state index contributed by atoms with van der Waals surface area (Å²) in [7, 11) is 0. The largest absolute Gasteiger partial charge is 0.338 e.